The molecule has 2 rings (SSSR count). The summed E-state index contributed by atoms with van der Waals surface area (Å²) in [6.45, 7) is 3.27. The predicted octanol–water partition coefficient (Wildman–Crippen LogP) is 3.69. The fraction of sp³-hybridized carbons (Fsp3) is 0.588. The van der Waals surface area contributed by atoms with Crippen molar-refractivity contribution in [3.8, 4) is 5.75 Å². The van der Waals surface area contributed by atoms with E-state index in [1.807, 2.05) is 46.9 Å². The van der Waals surface area contributed by atoms with Crippen LogP contribution in [0.5, 0.6) is 5.75 Å². The monoisotopic (exact) mass is 401 g/mol. The second-order valence-corrected chi connectivity index (χ2v) is 7.12. The lowest BCUT2D eigenvalue weighted by molar-refractivity contribution is -0.108. The number of hydrogen-bond acceptors (Lipinski definition) is 3. The van der Waals surface area contributed by atoms with E-state index in [2.05, 4.69) is 11.9 Å². The molecule has 0 saturated carbocycles. The largest absolute Gasteiger partial charge is 0.494 e. The fourth-order valence-corrected chi connectivity index (χ4v) is 3.22. The molecule has 1 aromatic rings. The van der Waals surface area contributed by atoms with E-state index in [1.165, 1.54) is 32.4 Å². The van der Waals surface area contributed by atoms with Gasteiger partial charge in [-0.25, -0.2) is 0 Å². The van der Waals surface area contributed by atoms with Crippen LogP contribution in [0.1, 0.15) is 31.2 Å². The Hall–Kier alpha value is -0.620. The summed E-state index contributed by atoms with van der Waals surface area (Å²) in [5.41, 5.74) is 1.05. The second-order valence-electron chi connectivity index (χ2n) is 5.91. The Morgan fingerprint density at radius 1 is 1.29 bits per heavy atom. The fourth-order valence-electron chi connectivity index (χ4n) is 2.78. The van der Waals surface area contributed by atoms with Crippen LogP contribution in [-0.4, -0.2) is 35.4 Å². The van der Waals surface area contributed by atoms with Crippen LogP contribution >= 0.6 is 22.6 Å². The highest BCUT2D eigenvalue weighted by Gasteiger charge is 2.15. The molecule has 0 spiro atoms. The molecule has 0 amide bonds. The molecule has 1 aliphatic heterocycles. The van der Waals surface area contributed by atoms with Crippen LogP contribution in [-0.2, 0) is 11.2 Å². The molecule has 3 nitrogen and oxygen atoms in total. The van der Waals surface area contributed by atoms with Gasteiger partial charge in [-0.2, -0.15) is 0 Å². The van der Waals surface area contributed by atoms with Gasteiger partial charge < -0.3 is 9.64 Å². The smallest absolute Gasteiger partial charge is 0.196 e. The predicted molar refractivity (Wildman–Crippen MR) is 94.1 cm³/mol. The lowest BCUT2D eigenvalue weighted by Crippen LogP contribution is -2.30. The van der Waals surface area contributed by atoms with Gasteiger partial charge in [0, 0.05) is 6.42 Å². The first-order valence-electron chi connectivity index (χ1n) is 7.72. The van der Waals surface area contributed by atoms with Gasteiger partial charge in [-0.1, -0.05) is 12.1 Å². The number of likely N-dealkylation sites (tertiary alicyclic amines) is 1. The van der Waals surface area contributed by atoms with E-state index < -0.39 is 0 Å². The number of carbonyl (C=O) groups is 1. The van der Waals surface area contributed by atoms with Gasteiger partial charge >= 0.3 is 0 Å². The first kappa shape index (κ1) is 16.7. The van der Waals surface area contributed by atoms with Crippen LogP contribution in [0.2, 0.25) is 0 Å². The summed E-state index contributed by atoms with van der Waals surface area (Å²) in [5.74, 6) is 1.78. The van der Waals surface area contributed by atoms with Crippen molar-refractivity contribution in [2.45, 2.75) is 32.1 Å². The van der Waals surface area contributed by atoms with Crippen molar-refractivity contribution >= 4 is 26.4 Å². The van der Waals surface area contributed by atoms with Crippen molar-refractivity contribution in [1.29, 1.82) is 0 Å². The van der Waals surface area contributed by atoms with Gasteiger partial charge in [-0.15, -0.1) is 0 Å². The van der Waals surface area contributed by atoms with Crippen molar-refractivity contribution in [2.75, 3.05) is 26.7 Å². The molecule has 0 unspecified atom stereocenters. The van der Waals surface area contributed by atoms with E-state index >= 15 is 0 Å². The van der Waals surface area contributed by atoms with Crippen LogP contribution in [0.25, 0.3) is 0 Å². The summed E-state index contributed by atoms with van der Waals surface area (Å²) in [5, 5.41) is 0. The van der Waals surface area contributed by atoms with Gasteiger partial charge in [-0.3, -0.25) is 4.79 Å². The van der Waals surface area contributed by atoms with Gasteiger partial charge in [0.15, 0.2) is 3.79 Å². The van der Waals surface area contributed by atoms with Crippen molar-refractivity contribution in [3.63, 3.8) is 0 Å². The third kappa shape index (κ3) is 6.34. The molecule has 0 atom stereocenters. The second kappa shape index (κ2) is 8.73. The lowest BCUT2D eigenvalue weighted by Gasteiger charge is -2.28. The Kier molecular flexibility index (Phi) is 6.96. The quantitative estimate of drug-likeness (QED) is 0.397. The maximum atomic E-state index is 11.0. The zero-order chi connectivity index (χ0) is 15.1. The van der Waals surface area contributed by atoms with E-state index in [-0.39, 0.29) is 3.79 Å². The number of hydrogen-bond donors (Lipinski definition) is 0. The van der Waals surface area contributed by atoms with Gasteiger partial charge in [0.1, 0.15) is 5.75 Å². The topological polar surface area (TPSA) is 29.5 Å². The number of halogens is 1. The minimum absolute atomic E-state index is 0.166. The van der Waals surface area contributed by atoms with E-state index in [4.69, 9.17) is 4.74 Å². The van der Waals surface area contributed by atoms with Crippen LogP contribution in [0.3, 0.4) is 0 Å². The SMILES string of the molecule is CN1CCC(CCCOc2ccc(CC(=O)I)cc2)CC1. The van der Waals surface area contributed by atoms with Crippen molar-refractivity contribution < 1.29 is 9.53 Å². The molecule has 0 aliphatic carbocycles. The third-order valence-corrected chi connectivity index (χ3v) is 4.51. The maximum absolute atomic E-state index is 11.0. The summed E-state index contributed by atoms with van der Waals surface area (Å²) >= 11 is 1.83. The summed E-state index contributed by atoms with van der Waals surface area (Å²) in [7, 11) is 2.20. The summed E-state index contributed by atoms with van der Waals surface area (Å²) in [6.07, 6.45) is 5.56. The first-order valence-corrected chi connectivity index (χ1v) is 8.80. The van der Waals surface area contributed by atoms with Crippen molar-refractivity contribution in [1.82, 2.24) is 4.90 Å². The molecular weight excluding hydrogens is 377 g/mol. The van der Waals surface area contributed by atoms with Gasteiger partial charge in [0.05, 0.1) is 6.61 Å². The van der Waals surface area contributed by atoms with Gasteiger partial charge in [0.25, 0.3) is 0 Å². The molecule has 1 aromatic carbocycles. The van der Waals surface area contributed by atoms with Crippen LogP contribution in [0.15, 0.2) is 24.3 Å². The Balaban J connectivity index is 1.63. The number of nitrogens with zero attached hydrogens (tertiary/aromatic N) is 1. The highest BCUT2D eigenvalue weighted by Crippen LogP contribution is 2.21. The first-order chi connectivity index (χ1) is 10.1. The van der Waals surface area contributed by atoms with Crippen molar-refractivity contribution in [3.05, 3.63) is 29.8 Å². The summed E-state index contributed by atoms with van der Waals surface area (Å²) in [6, 6.07) is 7.88. The number of carbonyl (C=O) groups excluding carboxylic acids is 1. The molecule has 1 fully saturated rings. The van der Waals surface area contributed by atoms with Crippen LogP contribution in [0, 0.1) is 5.92 Å². The Morgan fingerprint density at radius 3 is 2.57 bits per heavy atom. The van der Waals surface area contributed by atoms with Gasteiger partial charge in [-0.05, 0) is 92.0 Å². The zero-order valence-electron chi connectivity index (χ0n) is 12.7. The Labute approximate surface area is 141 Å². The van der Waals surface area contributed by atoms with E-state index in [0.717, 1.165) is 30.3 Å². The molecule has 1 aliphatic rings. The van der Waals surface area contributed by atoms with Crippen molar-refractivity contribution in [2.24, 2.45) is 5.92 Å². The lowest BCUT2D eigenvalue weighted by atomic mass is 9.93. The standard InChI is InChI=1S/C17H24INO2/c1-19-10-8-14(9-11-19)3-2-12-21-16-6-4-15(5-7-16)13-17(18)20/h4-7,14H,2-3,8-13H2,1H3. The minimum atomic E-state index is 0.166. The number of benzene rings is 1. The molecule has 0 bridgehead atoms. The zero-order valence-corrected chi connectivity index (χ0v) is 14.8. The van der Waals surface area contributed by atoms with E-state index in [1.54, 1.807) is 0 Å². The molecule has 116 valence electrons. The molecule has 21 heavy (non-hydrogen) atoms. The minimum Gasteiger partial charge on any atom is -0.494 e. The highest BCUT2D eigenvalue weighted by molar-refractivity contribution is 14.1. The number of ether oxygens (including phenoxy) is 1. The summed E-state index contributed by atoms with van der Waals surface area (Å²) in [4.78, 5) is 13.4. The highest BCUT2D eigenvalue weighted by atomic mass is 127. The molecule has 4 heteroatoms. The number of rotatable bonds is 7. The average Bonchev–Trinajstić information content (AvgIpc) is 2.46. The molecular formula is C17H24INO2. The van der Waals surface area contributed by atoms with Crippen LogP contribution in [0.4, 0.5) is 0 Å². The molecule has 0 radical (unpaired) electrons. The summed E-state index contributed by atoms with van der Waals surface area (Å²) < 4.78 is 5.95. The molecule has 1 heterocycles. The van der Waals surface area contributed by atoms with Crippen LogP contribution < -0.4 is 4.74 Å². The molecule has 0 aromatic heterocycles. The van der Waals surface area contributed by atoms with E-state index in [0.29, 0.717) is 6.42 Å². The number of piperidine rings is 1. The Bertz CT molecular complexity index is 439. The maximum Gasteiger partial charge on any atom is 0.196 e. The molecule has 1 saturated heterocycles. The Morgan fingerprint density at radius 2 is 1.95 bits per heavy atom. The van der Waals surface area contributed by atoms with Gasteiger partial charge in [0.2, 0.25) is 0 Å². The third-order valence-electron chi connectivity index (χ3n) is 4.13. The average molecular weight is 401 g/mol. The normalized spacial score (nSPS) is 16.9. The molecule has 0 N–H and O–H groups in total. The van der Waals surface area contributed by atoms with E-state index in [9.17, 15) is 4.79 Å².